The fourth-order valence-corrected chi connectivity index (χ4v) is 3.51. The van der Waals surface area contributed by atoms with Crippen LogP contribution in [-0.4, -0.2) is 30.5 Å². The van der Waals surface area contributed by atoms with Crippen LogP contribution in [0, 0.1) is 0 Å². The normalized spacial score (nSPS) is 11.1. The van der Waals surface area contributed by atoms with Crippen LogP contribution in [0.3, 0.4) is 0 Å². The largest absolute Gasteiger partial charge is 0.493 e. The number of methoxy groups -OCH3 is 1. The van der Waals surface area contributed by atoms with Crippen LogP contribution >= 0.6 is 11.8 Å². The van der Waals surface area contributed by atoms with Crippen LogP contribution in [0.25, 0.3) is 6.08 Å². The Morgan fingerprint density at radius 1 is 1.11 bits per heavy atom. The van der Waals surface area contributed by atoms with Crippen LogP contribution in [0.15, 0.2) is 53.4 Å². The predicted octanol–water partition coefficient (Wildman–Crippen LogP) is 5.87. The molecule has 0 heterocycles. The molecule has 150 valence electrons. The molecule has 0 unspecified atom stereocenters. The first kappa shape index (κ1) is 21.9. The highest BCUT2D eigenvalue weighted by Gasteiger charge is 2.05. The van der Waals surface area contributed by atoms with Gasteiger partial charge in [0.2, 0.25) is 0 Å². The van der Waals surface area contributed by atoms with Crippen molar-refractivity contribution in [1.82, 2.24) is 0 Å². The standard InChI is InChI=1S/C23H28O4S/c1-17(2)19-8-10-20(11-9-19)28-15-5-4-14-27-21-12-6-18(7-13-23(24)25)16-22(21)26-3/h6-13,16-17H,4-5,14-15H2,1-3H3,(H,24,25). The minimum absolute atomic E-state index is 0.565. The van der Waals surface area contributed by atoms with Gasteiger partial charge in [-0.15, -0.1) is 11.8 Å². The third-order valence-corrected chi connectivity index (χ3v) is 5.32. The number of carbonyl (C=O) groups is 1. The maximum atomic E-state index is 10.6. The highest BCUT2D eigenvalue weighted by atomic mass is 32.2. The fourth-order valence-electron chi connectivity index (χ4n) is 2.60. The summed E-state index contributed by atoms with van der Waals surface area (Å²) in [6, 6.07) is 14.2. The SMILES string of the molecule is COc1cc(C=CC(=O)O)ccc1OCCCCSc1ccc(C(C)C)cc1. The van der Waals surface area contributed by atoms with Crippen LogP contribution < -0.4 is 9.47 Å². The Morgan fingerprint density at radius 2 is 1.86 bits per heavy atom. The van der Waals surface area contributed by atoms with E-state index in [2.05, 4.69) is 38.1 Å². The Morgan fingerprint density at radius 3 is 2.50 bits per heavy atom. The predicted molar refractivity (Wildman–Crippen MR) is 116 cm³/mol. The first-order chi connectivity index (χ1) is 13.5. The summed E-state index contributed by atoms with van der Waals surface area (Å²) in [5.74, 6) is 1.92. The van der Waals surface area contributed by atoms with Crippen LogP contribution in [0.1, 0.15) is 43.7 Å². The molecule has 1 N–H and O–H groups in total. The molecule has 0 bridgehead atoms. The van der Waals surface area contributed by atoms with Gasteiger partial charge in [0, 0.05) is 11.0 Å². The van der Waals surface area contributed by atoms with Crippen molar-refractivity contribution in [2.45, 2.75) is 37.5 Å². The summed E-state index contributed by atoms with van der Waals surface area (Å²) >= 11 is 1.87. The molecule has 2 rings (SSSR count). The molecule has 0 saturated heterocycles. The maximum Gasteiger partial charge on any atom is 0.328 e. The van der Waals surface area contributed by atoms with Crippen molar-refractivity contribution in [2.75, 3.05) is 19.5 Å². The van der Waals surface area contributed by atoms with Gasteiger partial charge in [-0.3, -0.25) is 0 Å². The van der Waals surface area contributed by atoms with Crippen molar-refractivity contribution in [3.8, 4) is 11.5 Å². The van der Waals surface area contributed by atoms with Crippen LogP contribution in [0.2, 0.25) is 0 Å². The summed E-state index contributed by atoms with van der Waals surface area (Å²) in [6.45, 7) is 5.03. The van der Waals surface area contributed by atoms with E-state index >= 15 is 0 Å². The van der Waals surface area contributed by atoms with Gasteiger partial charge in [-0.2, -0.15) is 0 Å². The Kier molecular flexibility index (Phi) is 8.95. The first-order valence-electron chi connectivity index (χ1n) is 9.44. The lowest BCUT2D eigenvalue weighted by molar-refractivity contribution is -0.131. The van der Waals surface area contributed by atoms with Crippen LogP contribution in [0.5, 0.6) is 11.5 Å². The molecule has 0 spiro atoms. The molecule has 5 heteroatoms. The molecule has 0 aliphatic heterocycles. The maximum absolute atomic E-state index is 10.6. The highest BCUT2D eigenvalue weighted by molar-refractivity contribution is 7.99. The van der Waals surface area contributed by atoms with Gasteiger partial charge < -0.3 is 14.6 Å². The lowest BCUT2D eigenvalue weighted by atomic mass is 10.0. The second-order valence-corrected chi connectivity index (χ2v) is 7.88. The molecule has 0 saturated carbocycles. The lowest BCUT2D eigenvalue weighted by Crippen LogP contribution is -2.00. The molecule has 2 aromatic carbocycles. The van der Waals surface area contributed by atoms with Gasteiger partial charge in [0.15, 0.2) is 11.5 Å². The van der Waals surface area contributed by atoms with E-state index in [9.17, 15) is 4.79 Å². The Balaban J connectivity index is 1.73. The molecular formula is C23H28O4S. The van der Waals surface area contributed by atoms with E-state index in [1.807, 2.05) is 23.9 Å². The van der Waals surface area contributed by atoms with Crippen molar-refractivity contribution in [1.29, 1.82) is 0 Å². The zero-order chi connectivity index (χ0) is 20.4. The molecular weight excluding hydrogens is 372 g/mol. The van der Waals surface area contributed by atoms with Crippen molar-refractivity contribution in [3.63, 3.8) is 0 Å². The molecule has 0 radical (unpaired) electrons. The second-order valence-electron chi connectivity index (χ2n) is 6.71. The lowest BCUT2D eigenvalue weighted by Gasteiger charge is -2.11. The minimum atomic E-state index is -0.979. The summed E-state index contributed by atoms with van der Waals surface area (Å²) in [7, 11) is 1.58. The number of hydrogen-bond donors (Lipinski definition) is 1. The van der Waals surface area contributed by atoms with E-state index < -0.39 is 5.97 Å². The molecule has 0 amide bonds. The smallest absolute Gasteiger partial charge is 0.328 e. The molecule has 0 fully saturated rings. The number of thioether (sulfide) groups is 1. The van der Waals surface area contributed by atoms with Crippen LogP contribution in [-0.2, 0) is 4.79 Å². The summed E-state index contributed by atoms with van der Waals surface area (Å²) in [5.41, 5.74) is 2.13. The number of carboxylic acids is 1. The van der Waals surface area contributed by atoms with E-state index in [4.69, 9.17) is 14.6 Å². The molecule has 0 aromatic heterocycles. The number of unbranched alkanes of at least 4 members (excludes halogenated alkanes) is 1. The minimum Gasteiger partial charge on any atom is -0.493 e. The first-order valence-corrected chi connectivity index (χ1v) is 10.4. The van der Waals surface area contributed by atoms with Crippen molar-refractivity contribution in [3.05, 3.63) is 59.7 Å². The van der Waals surface area contributed by atoms with E-state index in [1.54, 1.807) is 13.2 Å². The van der Waals surface area contributed by atoms with Crippen molar-refractivity contribution >= 4 is 23.8 Å². The van der Waals surface area contributed by atoms with Gasteiger partial charge >= 0.3 is 5.97 Å². The topological polar surface area (TPSA) is 55.8 Å². The third-order valence-electron chi connectivity index (χ3n) is 4.22. The van der Waals surface area contributed by atoms with E-state index in [0.29, 0.717) is 24.0 Å². The summed E-state index contributed by atoms with van der Waals surface area (Å²) in [4.78, 5) is 11.9. The summed E-state index contributed by atoms with van der Waals surface area (Å²) in [5, 5.41) is 8.71. The third kappa shape index (κ3) is 7.31. The number of ether oxygens (including phenoxy) is 2. The van der Waals surface area contributed by atoms with E-state index in [1.165, 1.54) is 16.5 Å². The Hall–Kier alpha value is -2.40. The van der Waals surface area contributed by atoms with Crippen LogP contribution in [0.4, 0.5) is 0 Å². The number of aliphatic carboxylic acids is 1. The number of carboxylic acid groups (broad SMARTS) is 1. The second kappa shape index (κ2) is 11.4. The number of hydrogen-bond acceptors (Lipinski definition) is 4. The summed E-state index contributed by atoms with van der Waals surface area (Å²) in [6.07, 6.45) is 4.65. The average Bonchev–Trinajstić information content (AvgIpc) is 2.69. The number of benzene rings is 2. The van der Waals surface area contributed by atoms with E-state index in [-0.39, 0.29) is 0 Å². The van der Waals surface area contributed by atoms with Gasteiger partial charge in [-0.05, 0) is 66.0 Å². The van der Waals surface area contributed by atoms with Gasteiger partial charge in [0.25, 0.3) is 0 Å². The van der Waals surface area contributed by atoms with Gasteiger partial charge in [0.05, 0.1) is 13.7 Å². The molecule has 0 atom stereocenters. The molecule has 0 aliphatic rings. The van der Waals surface area contributed by atoms with Crippen molar-refractivity contribution < 1.29 is 19.4 Å². The molecule has 2 aromatic rings. The fraction of sp³-hybridized carbons (Fsp3) is 0.348. The van der Waals surface area contributed by atoms with Gasteiger partial charge in [-0.25, -0.2) is 4.79 Å². The number of rotatable bonds is 11. The highest BCUT2D eigenvalue weighted by Crippen LogP contribution is 2.29. The van der Waals surface area contributed by atoms with E-state index in [0.717, 1.165) is 30.2 Å². The zero-order valence-electron chi connectivity index (χ0n) is 16.7. The molecule has 4 nitrogen and oxygen atoms in total. The Labute approximate surface area is 171 Å². The quantitative estimate of drug-likeness (QED) is 0.290. The summed E-state index contributed by atoms with van der Waals surface area (Å²) < 4.78 is 11.2. The average molecular weight is 401 g/mol. The van der Waals surface area contributed by atoms with Gasteiger partial charge in [0.1, 0.15) is 0 Å². The zero-order valence-corrected chi connectivity index (χ0v) is 17.5. The molecule has 28 heavy (non-hydrogen) atoms. The molecule has 0 aliphatic carbocycles. The monoisotopic (exact) mass is 400 g/mol. The van der Waals surface area contributed by atoms with Gasteiger partial charge in [-0.1, -0.05) is 32.0 Å². The van der Waals surface area contributed by atoms with Crippen molar-refractivity contribution in [2.24, 2.45) is 0 Å². The Bertz CT molecular complexity index is 782.